The van der Waals surface area contributed by atoms with Gasteiger partial charge in [-0.25, -0.2) is 0 Å². The number of ether oxygens (including phenoxy) is 3. The quantitative estimate of drug-likeness (QED) is 0.735. The summed E-state index contributed by atoms with van der Waals surface area (Å²) in [6.07, 6.45) is 3.21. The minimum Gasteiger partial charge on any atom is -0.493 e. The zero-order valence-corrected chi connectivity index (χ0v) is 15.6. The van der Waals surface area contributed by atoms with E-state index in [2.05, 4.69) is 24.4 Å². The molecule has 1 atom stereocenters. The molecule has 138 valence electrons. The van der Waals surface area contributed by atoms with E-state index in [1.54, 1.807) is 39.5 Å². The molecule has 26 heavy (non-hydrogen) atoms. The first kappa shape index (κ1) is 19.4. The first-order valence-corrected chi connectivity index (χ1v) is 8.40. The number of carbonyl (C=O) groups is 1. The normalized spacial score (nSPS) is 11.8. The van der Waals surface area contributed by atoms with Crippen LogP contribution in [0, 0.1) is 0 Å². The molecule has 5 nitrogen and oxygen atoms in total. The molecule has 0 radical (unpaired) electrons. The Kier molecular flexibility index (Phi) is 7.09. The van der Waals surface area contributed by atoms with Crippen LogP contribution in [0.5, 0.6) is 17.2 Å². The summed E-state index contributed by atoms with van der Waals surface area (Å²) in [6.45, 7) is 2.65. The SMILES string of the molecule is COc1cc(C=CC(=O)NCC(C)c2ccccc2)cc(OC)c1OC. The van der Waals surface area contributed by atoms with Crippen LogP contribution in [0.4, 0.5) is 0 Å². The van der Waals surface area contributed by atoms with Gasteiger partial charge in [-0.15, -0.1) is 0 Å². The molecule has 5 heteroatoms. The van der Waals surface area contributed by atoms with Crippen molar-refractivity contribution < 1.29 is 19.0 Å². The fourth-order valence-electron chi connectivity index (χ4n) is 2.58. The maximum atomic E-state index is 12.1. The Bertz CT molecular complexity index is 731. The van der Waals surface area contributed by atoms with Gasteiger partial charge >= 0.3 is 0 Å². The monoisotopic (exact) mass is 355 g/mol. The zero-order valence-electron chi connectivity index (χ0n) is 15.6. The molecule has 2 aromatic carbocycles. The highest BCUT2D eigenvalue weighted by molar-refractivity contribution is 5.91. The van der Waals surface area contributed by atoms with Gasteiger partial charge in [-0.2, -0.15) is 0 Å². The fourth-order valence-corrected chi connectivity index (χ4v) is 2.58. The molecule has 0 aliphatic heterocycles. The molecule has 1 amide bonds. The van der Waals surface area contributed by atoms with Crippen LogP contribution >= 0.6 is 0 Å². The molecule has 1 unspecified atom stereocenters. The zero-order chi connectivity index (χ0) is 18.9. The largest absolute Gasteiger partial charge is 0.493 e. The van der Waals surface area contributed by atoms with Gasteiger partial charge in [0.15, 0.2) is 11.5 Å². The maximum absolute atomic E-state index is 12.1. The van der Waals surface area contributed by atoms with Crippen molar-refractivity contribution in [3.05, 3.63) is 59.7 Å². The summed E-state index contributed by atoms with van der Waals surface area (Å²) in [4.78, 5) is 12.1. The predicted octanol–water partition coefficient (Wildman–Crippen LogP) is 3.65. The molecule has 2 aromatic rings. The van der Waals surface area contributed by atoms with Crippen molar-refractivity contribution in [2.75, 3.05) is 27.9 Å². The van der Waals surface area contributed by atoms with Gasteiger partial charge in [0.05, 0.1) is 21.3 Å². The molecule has 0 saturated carbocycles. The predicted molar refractivity (Wildman–Crippen MR) is 103 cm³/mol. The Morgan fingerprint density at radius 2 is 1.65 bits per heavy atom. The molecule has 0 saturated heterocycles. The Labute approximate surface area is 154 Å². The van der Waals surface area contributed by atoms with E-state index >= 15 is 0 Å². The van der Waals surface area contributed by atoms with Crippen LogP contribution in [0.1, 0.15) is 24.0 Å². The fraction of sp³-hybridized carbons (Fsp3) is 0.286. The number of nitrogens with one attached hydrogen (secondary N) is 1. The third kappa shape index (κ3) is 5.02. The van der Waals surface area contributed by atoms with E-state index in [-0.39, 0.29) is 11.8 Å². The van der Waals surface area contributed by atoms with Gasteiger partial charge in [-0.3, -0.25) is 4.79 Å². The molecular formula is C21H25NO4. The standard InChI is InChI=1S/C21H25NO4/c1-15(17-8-6-5-7-9-17)14-22-20(23)11-10-16-12-18(24-2)21(26-4)19(13-16)25-3/h5-13,15H,14H2,1-4H3,(H,22,23). The first-order valence-electron chi connectivity index (χ1n) is 8.40. The summed E-state index contributed by atoms with van der Waals surface area (Å²) in [5, 5.41) is 2.92. The van der Waals surface area contributed by atoms with Gasteiger partial charge in [-0.1, -0.05) is 37.3 Å². The van der Waals surface area contributed by atoms with E-state index in [0.29, 0.717) is 23.8 Å². The van der Waals surface area contributed by atoms with Gasteiger partial charge < -0.3 is 19.5 Å². The van der Waals surface area contributed by atoms with E-state index in [0.717, 1.165) is 5.56 Å². The lowest BCUT2D eigenvalue weighted by atomic mass is 10.0. The molecule has 0 spiro atoms. The van der Waals surface area contributed by atoms with Crippen LogP contribution in [-0.4, -0.2) is 33.8 Å². The molecule has 0 aromatic heterocycles. The van der Waals surface area contributed by atoms with E-state index in [9.17, 15) is 4.79 Å². The second kappa shape index (κ2) is 9.51. The van der Waals surface area contributed by atoms with Crippen LogP contribution < -0.4 is 19.5 Å². The van der Waals surface area contributed by atoms with Gasteiger partial charge in [-0.05, 0) is 35.3 Å². The summed E-state index contributed by atoms with van der Waals surface area (Å²) in [5.41, 5.74) is 1.98. The van der Waals surface area contributed by atoms with Gasteiger partial charge in [0.2, 0.25) is 11.7 Å². The Hall–Kier alpha value is -2.95. The lowest BCUT2D eigenvalue weighted by molar-refractivity contribution is -0.116. The lowest BCUT2D eigenvalue weighted by Crippen LogP contribution is -2.25. The minimum absolute atomic E-state index is 0.151. The van der Waals surface area contributed by atoms with Crippen LogP contribution in [0.15, 0.2) is 48.5 Å². The van der Waals surface area contributed by atoms with Crippen molar-refractivity contribution >= 4 is 12.0 Å². The molecule has 2 rings (SSSR count). The lowest BCUT2D eigenvalue weighted by Gasteiger charge is -2.13. The summed E-state index contributed by atoms with van der Waals surface area (Å²) in [6, 6.07) is 13.7. The average Bonchev–Trinajstić information content (AvgIpc) is 2.69. The third-order valence-electron chi connectivity index (χ3n) is 4.07. The molecule has 0 heterocycles. The van der Waals surface area contributed by atoms with Crippen molar-refractivity contribution in [2.24, 2.45) is 0 Å². The number of methoxy groups -OCH3 is 3. The molecule has 1 N–H and O–H groups in total. The number of amides is 1. The summed E-state index contributed by atoms with van der Waals surface area (Å²) >= 11 is 0. The van der Waals surface area contributed by atoms with Crippen molar-refractivity contribution in [3.8, 4) is 17.2 Å². The first-order chi connectivity index (χ1) is 12.6. The number of hydrogen-bond acceptors (Lipinski definition) is 4. The topological polar surface area (TPSA) is 56.8 Å². The number of rotatable bonds is 8. The van der Waals surface area contributed by atoms with Gasteiger partial charge in [0, 0.05) is 12.6 Å². The van der Waals surface area contributed by atoms with Crippen LogP contribution in [0.2, 0.25) is 0 Å². The number of hydrogen-bond donors (Lipinski definition) is 1. The van der Waals surface area contributed by atoms with E-state index in [4.69, 9.17) is 14.2 Å². The highest BCUT2D eigenvalue weighted by Gasteiger charge is 2.12. The molecule has 0 aliphatic carbocycles. The van der Waals surface area contributed by atoms with Gasteiger partial charge in [0.25, 0.3) is 0 Å². The highest BCUT2D eigenvalue weighted by atomic mass is 16.5. The van der Waals surface area contributed by atoms with Crippen LogP contribution in [-0.2, 0) is 4.79 Å². The van der Waals surface area contributed by atoms with Crippen molar-refractivity contribution in [2.45, 2.75) is 12.8 Å². The number of benzene rings is 2. The van der Waals surface area contributed by atoms with Crippen LogP contribution in [0.25, 0.3) is 6.08 Å². The van der Waals surface area contributed by atoms with E-state index in [1.807, 2.05) is 18.2 Å². The van der Waals surface area contributed by atoms with E-state index in [1.165, 1.54) is 11.6 Å². The Morgan fingerprint density at radius 1 is 1.04 bits per heavy atom. The Morgan fingerprint density at radius 3 is 2.19 bits per heavy atom. The Balaban J connectivity index is 2.01. The van der Waals surface area contributed by atoms with Gasteiger partial charge in [0.1, 0.15) is 0 Å². The molecule has 0 fully saturated rings. The summed E-state index contributed by atoms with van der Waals surface area (Å²) < 4.78 is 15.9. The number of carbonyl (C=O) groups excluding carboxylic acids is 1. The summed E-state index contributed by atoms with van der Waals surface area (Å²) in [7, 11) is 4.67. The van der Waals surface area contributed by atoms with Crippen molar-refractivity contribution in [3.63, 3.8) is 0 Å². The minimum atomic E-state index is -0.151. The summed E-state index contributed by atoms with van der Waals surface area (Å²) in [5.74, 6) is 1.71. The van der Waals surface area contributed by atoms with Crippen molar-refractivity contribution in [1.29, 1.82) is 0 Å². The molecule has 0 bridgehead atoms. The maximum Gasteiger partial charge on any atom is 0.244 e. The average molecular weight is 355 g/mol. The smallest absolute Gasteiger partial charge is 0.244 e. The molecule has 0 aliphatic rings. The molecular weight excluding hydrogens is 330 g/mol. The van der Waals surface area contributed by atoms with Crippen LogP contribution in [0.3, 0.4) is 0 Å². The van der Waals surface area contributed by atoms with Crippen molar-refractivity contribution in [1.82, 2.24) is 5.32 Å². The van der Waals surface area contributed by atoms with E-state index < -0.39 is 0 Å². The second-order valence-electron chi connectivity index (χ2n) is 5.85. The third-order valence-corrected chi connectivity index (χ3v) is 4.07. The highest BCUT2D eigenvalue weighted by Crippen LogP contribution is 2.38. The second-order valence-corrected chi connectivity index (χ2v) is 5.85.